The summed E-state index contributed by atoms with van der Waals surface area (Å²) in [7, 11) is 0. The van der Waals surface area contributed by atoms with Gasteiger partial charge in [-0.05, 0) is 35.8 Å². The molecular weight excluding hydrogens is 306 g/mol. The molecule has 92 valence electrons. The second kappa shape index (κ2) is 6.40. The van der Waals surface area contributed by atoms with Crippen LogP contribution in [0.25, 0.3) is 0 Å². The maximum Gasteiger partial charge on any atom is 0.0628 e. The summed E-state index contributed by atoms with van der Waals surface area (Å²) in [6.07, 6.45) is -0.311. The summed E-state index contributed by atoms with van der Waals surface area (Å²) in [5, 5.41) is 12.0. The molecule has 0 fully saturated rings. The zero-order chi connectivity index (χ0) is 12.3. The molecule has 0 bridgehead atoms. The van der Waals surface area contributed by atoms with Crippen molar-refractivity contribution in [3.8, 4) is 0 Å². The number of rotatable bonds is 5. The second-order valence-corrected chi connectivity index (χ2v) is 7.41. The molecule has 0 amide bonds. The van der Waals surface area contributed by atoms with Crippen molar-refractivity contribution in [2.45, 2.75) is 43.4 Å². The predicted octanol–water partition coefficient (Wildman–Crippen LogP) is 3.40. The van der Waals surface area contributed by atoms with E-state index in [0.717, 1.165) is 4.47 Å². The van der Waals surface area contributed by atoms with Gasteiger partial charge in [0, 0.05) is 26.0 Å². The van der Waals surface area contributed by atoms with Gasteiger partial charge in [0.05, 0.1) is 11.4 Å². The number of aliphatic hydroxyl groups is 1. The van der Waals surface area contributed by atoms with Gasteiger partial charge in [0.15, 0.2) is 0 Å². The summed E-state index contributed by atoms with van der Waals surface area (Å²) < 4.78 is 1.10. The first-order chi connectivity index (χ1) is 7.41. The van der Waals surface area contributed by atoms with E-state index in [1.165, 1.54) is 4.88 Å². The van der Waals surface area contributed by atoms with Crippen LogP contribution >= 0.6 is 39.0 Å². The van der Waals surface area contributed by atoms with E-state index in [1.807, 2.05) is 20.8 Å². The Balaban J connectivity index is 2.76. The van der Waals surface area contributed by atoms with Crippen molar-refractivity contribution in [3.63, 3.8) is 0 Å². The molecule has 1 aromatic heterocycles. The SMILES string of the molecule is CC(N)C(SC(C)C(C)O)c1cc(Br)cs1. The molecule has 0 saturated heterocycles. The predicted molar refractivity (Wildman–Crippen MR) is 77.1 cm³/mol. The quantitative estimate of drug-likeness (QED) is 0.872. The standard InChI is InChI=1S/C11H18BrNOS2/c1-6(13)11(16-8(3)7(2)14)10-4-9(12)5-15-10/h4-8,11,14H,13H2,1-3H3. The zero-order valence-corrected chi connectivity index (χ0v) is 12.9. The van der Waals surface area contributed by atoms with Gasteiger partial charge in [-0.3, -0.25) is 0 Å². The molecule has 0 aliphatic carbocycles. The van der Waals surface area contributed by atoms with E-state index in [1.54, 1.807) is 23.1 Å². The third-order valence-electron chi connectivity index (χ3n) is 2.39. The van der Waals surface area contributed by atoms with E-state index < -0.39 is 0 Å². The minimum absolute atomic E-state index is 0.0803. The Morgan fingerprint density at radius 3 is 2.44 bits per heavy atom. The summed E-state index contributed by atoms with van der Waals surface area (Å²) >= 11 is 6.91. The third kappa shape index (κ3) is 4.04. The minimum Gasteiger partial charge on any atom is -0.392 e. The van der Waals surface area contributed by atoms with Gasteiger partial charge in [0.1, 0.15) is 0 Å². The average Bonchev–Trinajstić information content (AvgIpc) is 2.59. The maximum atomic E-state index is 9.54. The molecule has 1 aromatic rings. The van der Waals surface area contributed by atoms with Crippen molar-refractivity contribution in [2.24, 2.45) is 5.73 Å². The highest BCUT2D eigenvalue weighted by atomic mass is 79.9. The Morgan fingerprint density at radius 1 is 1.44 bits per heavy atom. The monoisotopic (exact) mass is 323 g/mol. The topological polar surface area (TPSA) is 46.2 Å². The van der Waals surface area contributed by atoms with Crippen LogP contribution < -0.4 is 5.73 Å². The summed E-state index contributed by atoms with van der Waals surface area (Å²) in [5.41, 5.74) is 6.02. The van der Waals surface area contributed by atoms with Gasteiger partial charge in [-0.25, -0.2) is 0 Å². The Kier molecular flexibility index (Phi) is 5.81. The molecule has 1 rings (SSSR count). The van der Waals surface area contributed by atoms with Crippen LogP contribution in [0, 0.1) is 0 Å². The minimum atomic E-state index is -0.311. The van der Waals surface area contributed by atoms with Crippen molar-refractivity contribution in [3.05, 3.63) is 20.8 Å². The lowest BCUT2D eigenvalue weighted by Crippen LogP contribution is -2.26. The number of hydrogen-bond acceptors (Lipinski definition) is 4. The number of halogens is 1. The Bertz CT molecular complexity index is 328. The Labute approximate surface area is 114 Å². The molecule has 1 heterocycles. The van der Waals surface area contributed by atoms with Gasteiger partial charge in [0.2, 0.25) is 0 Å². The van der Waals surface area contributed by atoms with Crippen LogP contribution in [-0.2, 0) is 0 Å². The van der Waals surface area contributed by atoms with Gasteiger partial charge in [-0.2, -0.15) is 0 Å². The first-order valence-electron chi connectivity index (χ1n) is 5.25. The third-order valence-corrected chi connectivity index (χ3v) is 6.11. The van der Waals surface area contributed by atoms with Gasteiger partial charge in [-0.15, -0.1) is 23.1 Å². The summed E-state index contributed by atoms with van der Waals surface area (Å²) in [6.45, 7) is 5.87. The Morgan fingerprint density at radius 2 is 2.06 bits per heavy atom. The summed E-state index contributed by atoms with van der Waals surface area (Å²) in [4.78, 5) is 1.26. The Hall–Kier alpha value is 0.450. The van der Waals surface area contributed by atoms with E-state index in [-0.39, 0.29) is 22.6 Å². The van der Waals surface area contributed by atoms with Gasteiger partial charge in [0.25, 0.3) is 0 Å². The molecule has 2 nitrogen and oxygen atoms in total. The molecule has 4 atom stereocenters. The highest BCUT2D eigenvalue weighted by Gasteiger charge is 2.23. The number of thiophene rings is 1. The lowest BCUT2D eigenvalue weighted by Gasteiger charge is -2.24. The lowest BCUT2D eigenvalue weighted by atomic mass is 10.2. The highest BCUT2D eigenvalue weighted by molar-refractivity contribution is 9.10. The number of aliphatic hydroxyl groups excluding tert-OH is 1. The average molecular weight is 324 g/mol. The van der Waals surface area contributed by atoms with Crippen LogP contribution in [0.3, 0.4) is 0 Å². The molecule has 16 heavy (non-hydrogen) atoms. The van der Waals surface area contributed by atoms with Crippen molar-refractivity contribution >= 4 is 39.0 Å². The molecule has 0 aliphatic rings. The van der Waals surface area contributed by atoms with Gasteiger partial charge < -0.3 is 10.8 Å². The van der Waals surface area contributed by atoms with Crippen molar-refractivity contribution in [1.29, 1.82) is 0 Å². The fourth-order valence-corrected chi connectivity index (χ4v) is 4.28. The van der Waals surface area contributed by atoms with Crippen LogP contribution in [0.1, 0.15) is 30.9 Å². The van der Waals surface area contributed by atoms with Crippen LogP contribution in [0.4, 0.5) is 0 Å². The van der Waals surface area contributed by atoms with E-state index in [9.17, 15) is 5.11 Å². The van der Waals surface area contributed by atoms with E-state index in [2.05, 4.69) is 27.4 Å². The summed E-state index contributed by atoms with van der Waals surface area (Å²) in [6, 6.07) is 2.19. The highest BCUT2D eigenvalue weighted by Crippen LogP contribution is 2.39. The van der Waals surface area contributed by atoms with E-state index >= 15 is 0 Å². The summed E-state index contributed by atoms with van der Waals surface area (Å²) in [5.74, 6) is 0. The molecule has 0 spiro atoms. The number of thioether (sulfide) groups is 1. The number of nitrogens with two attached hydrogens (primary N) is 1. The fourth-order valence-electron chi connectivity index (χ4n) is 1.27. The van der Waals surface area contributed by atoms with E-state index in [0.29, 0.717) is 0 Å². The number of hydrogen-bond donors (Lipinski definition) is 2. The van der Waals surface area contributed by atoms with E-state index in [4.69, 9.17) is 5.73 Å². The van der Waals surface area contributed by atoms with Gasteiger partial charge in [-0.1, -0.05) is 6.92 Å². The van der Waals surface area contributed by atoms with Crippen LogP contribution in [-0.4, -0.2) is 22.5 Å². The molecule has 5 heteroatoms. The molecular formula is C11H18BrNOS2. The molecule has 0 saturated carbocycles. The molecule has 4 unspecified atom stereocenters. The largest absolute Gasteiger partial charge is 0.392 e. The zero-order valence-electron chi connectivity index (χ0n) is 9.68. The first-order valence-corrected chi connectivity index (χ1v) is 7.86. The smallest absolute Gasteiger partial charge is 0.0628 e. The molecule has 0 aliphatic heterocycles. The lowest BCUT2D eigenvalue weighted by molar-refractivity contribution is 0.196. The fraction of sp³-hybridized carbons (Fsp3) is 0.636. The van der Waals surface area contributed by atoms with Crippen molar-refractivity contribution in [2.75, 3.05) is 0 Å². The molecule has 3 N–H and O–H groups in total. The second-order valence-electron chi connectivity index (χ2n) is 4.03. The molecule has 0 aromatic carbocycles. The van der Waals surface area contributed by atoms with Crippen LogP contribution in [0.5, 0.6) is 0 Å². The van der Waals surface area contributed by atoms with Gasteiger partial charge >= 0.3 is 0 Å². The van der Waals surface area contributed by atoms with Crippen LogP contribution in [0.15, 0.2) is 15.9 Å². The van der Waals surface area contributed by atoms with Crippen molar-refractivity contribution < 1.29 is 5.11 Å². The van der Waals surface area contributed by atoms with Crippen molar-refractivity contribution in [1.82, 2.24) is 0 Å². The maximum absolute atomic E-state index is 9.54. The normalized spacial score (nSPS) is 19.1. The van der Waals surface area contributed by atoms with Crippen LogP contribution in [0.2, 0.25) is 0 Å². The first kappa shape index (κ1) is 14.5. The molecule has 0 radical (unpaired) electrons.